The van der Waals surface area contributed by atoms with E-state index in [1.165, 1.54) is 17.2 Å². The molecule has 0 spiro atoms. The minimum atomic E-state index is -1.13. The van der Waals surface area contributed by atoms with Crippen LogP contribution in [0.15, 0.2) is 29.1 Å². The Labute approximate surface area is 106 Å². The van der Waals surface area contributed by atoms with Gasteiger partial charge in [-0.3, -0.25) is 4.79 Å². The maximum absolute atomic E-state index is 11.5. The summed E-state index contributed by atoms with van der Waals surface area (Å²) in [5.41, 5.74) is 0.442. The number of aliphatic hydroxyl groups excluding tert-OH is 3. The number of hydrogen-bond acceptors (Lipinski definition) is 6. The maximum atomic E-state index is 11.5. The topological polar surface area (TPSA) is 124 Å². The van der Waals surface area contributed by atoms with Crippen LogP contribution in [0.5, 0.6) is 0 Å². The van der Waals surface area contributed by atoms with Crippen LogP contribution in [0.1, 0.15) is 6.04 Å². The van der Waals surface area contributed by atoms with Crippen LogP contribution >= 0.6 is 0 Å². The Bertz CT molecular complexity index is 704. The van der Waals surface area contributed by atoms with Gasteiger partial charge in [0.05, 0.1) is 25.3 Å². The molecule has 2 heterocycles. The maximum Gasteiger partial charge on any atom is 0.278 e. The third-order valence-electron chi connectivity index (χ3n) is 3.31. The molecule has 0 radical (unpaired) electrons. The predicted octanol–water partition coefficient (Wildman–Crippen LogP) is -1.69. The van der Waals surface area contributed by atoms with Crippen molar-refractivity contribution in [2.24, 2.45) is 0 Å². The summed E-state index contributed by atoms with van der Waals surface area (Å²) in [6.07, 6.45) is 1.94. The molecule has 3 atom stereocenters. The molecule has 1 aliphatic rings. The van der Waals surface area contributed by atoms with Gasteiger partial charge in [-0.2, -0.15) is 0 Å². The molecule has 0 aromatic carbocycles. The molecule has 0 saturated carbocycles. The second kappa shape index (κ2) is 4.26. The van der Waals surface area contributed by atoms with Crippen LogP contribution in [-0.2, 0) is 0 Å². The number of rotatable bonds is 2. The van der Waals surface area contributed by atoms with E-state index in [2.05, 4.69) is 15.0 Å². The first kappa shape index (κ1) is 12.0. The Hall–Kier alpha value is -2.03. The number of hydrogen-bond donors (Lipinski definition) is 4. The predicted molar refractivity (Wildman–Crippen MR) is 64.4 cm³/mol. The summed E-state index contributed by atoms with van der Waals surface area (Å²) in [5.74, 6) is 0. The van der Waals surface area contributed by atoms with Gasteiger partial charge in [0.15, 0.2) is 11.2 Å². The van der Waals surface area contributed by atoms with Crippen LogP contribution in [-0.4, -0.2) is 53.7 Å². The van der Waals surface area contributed by atoms with Gasteiger partial charge in [0.25, 0.3) is 5.56 Å². The normalized spacial score (nSPS) is 26.9. The number of aromatic nitrogens is 4. The fraction of sp³-hybridized carbons (Fsp3) is 0.364. The first-order chi connectivity index (χ1) is 9.13. The lowest BCUT2D eigenvalue weighted by Crippen LogP contribution is -2.30. The zero-order valence-corrected chi connectivity index (χ0v) is 9.76. The molecule has 8 heteroatoms. The van der Waals surface area contributed by atoms with Crippen molar-refractivity contribution in [1.29, 1.82) is 0 Å². The Morgan fingerprint density at radius 2 is 2.16 bits per heavy atom. The summed E-state index contributed by atoms with van der Waals surface area (Å²) in [6, 6.07) is -0.614. The van der Waals surface area contributed by atoms with Crippen molar-refractivity contribution < 1.29 is 15.3 Å². The number of imidazole rings is 1. The molecule has 0 bridgehead atoms. The number of aliphatic hydroxyl groups is 3. The molecule has 3 rings (SSSR count). The van der Waals surface area contributed by atoms with Gasteiger partial charge in [-0.15, -0.1) is 0 Å². The summed E-state index contributed by atoms with van der Waals surface area (Å²) in [6.45, 7) is -0.338. The highest BCUT2D eigenvalue weighted by atomic mass is 16.3. The molecule has 0 fully saturated rings. The number of aromatic amines is 1. The van der Waals surface area contributed by atoms with E-state index >= 15 is 0 Å². The van der Waals surface area contributed by atoms with E-state index in [0.717, 1.165) is 0 Å². The second-order valence-corrected chi connectivity index (χ2v) is 4.38. The van der Waals surface area contributed by atoms with Crippen LogP contribution < -0.4 is 5.56 Å². The lowest BCUT2D eigenvalue weighted by atomic mass is 10.1. The van der Waals surface area contributed by atoms with E-state index in [0.29, 0.717) is 11.2 Å². The molecule has 1 aliphatic carbocycles. The fourth-order valence-electron chi connectivity index (χ4n) is 2.29. The molecule has 0 aliphatic heterocycles. The quantitative estimate of drug-likeness (QED) is 0.480. The monoisotopic (exact) mass is 264 g/mol. The number of nitrogens with one attached hydrogen (secondary N) is 1. The molecule has 2 aromatic rings. The van der Waals surface area contributed by atoms with Gasteiger partial charge in [-0.1, -0.05) is 6.08 Å². The van der Waals surface area contributed by atoms with E-state index in [9.17, 15) is 15.0 Å². The fourth-order valence-corrected chi connectivity index (χ4v) is 2.29. The van der Waals surface area contributed by atoms with Gasteiger partial charge in [-0.25, -0.2) is 9.97 Å². The molecule has 0 amide bonds. The molecule has 8 nitrogen and oxygen atoms in total. The molecular formula is C11H12N4O4. The summed E-state index contributed by atoms with van der Waals surface area (Å²) < 4.78 is 1.50. The van der Waals surface area contributed by atoms with E-state index < -0.39 is 18.2 Å². The van der Waals surface area contributed by atoms with Crippen LogP contribution in [0.2, 0.25) is 0 Å². The minimum absolute atomic E-state index is 0.162. The Balaban J connectivity index is 2.13. The molecule has 0 unspecified atom stereocenters. The van der Waals surface area contributed by atoms with Crippen LogP contribution in [0.4, 0.5) is 0 Å². The number of fused-ring (bicyclic) bond motifs is 1. The molecule has 4 N–H and O–H groups in total. The van der Waals surface area contributed by atoms with Crippen LogP contribution in [0.25, 0.3) is 11.2 Å². The number of nitrogens with zero attached hydrogens (tertiary/aromatic N) is 3. The van der Waals surface area contributed by atoms with Gasteiger partial charge in [-0.05, 0) is 5.57 Å². The van der Waals surface area contributed by atoms with Crippen molar-refractivity contribution in [2.75, 3.05) is 6.61 Å². The SMILES string of the molecule is O=c1[nH]cnc2c1ncn2[C@H]1C=C(CO)[C@H](O)[C@@H]1O. The Morgan fingerprint density at radius 3 is 2.84 bits per heavy atom. The van der Waals surface area contributed by atoms with Gasteiger partial charge < -0.3 is 24.9 Å². The lowest BCUT2D eigenvalue weighted by molar-refractivity contribution is 0.0287. The smallest absolute Gasteiger partial charge is 0.278 e. The highest BCUT2D eigenvalue weighted by molar-refractivity contribution is 5.69. The zero-order valence-electron chi connectivity index (χ0n) is 9.76. The largest absolute Gasteiger partial charge is 0.392 e. The average molecular weight is 264 g/mol. The van der Waals surface area contributed by atoms with Gasteiger partial charge in [0, 0.05) is 0 Å². The van der Waals surface area contributed by atoms with Crippen molar-refractivity contribution >= 4 is 11.2 Å². The molecule has 100 valence electrons. The number of H-pyrrole nitrogens is 1. The first-order valence-electron chi connectivity index (χ1n) is 5.71. The highest BCUT2D eigenvalue weighted by Crippen LogP contribution is 2.30. The second-order valence-electron chi connectivity index (χ2n) is 4.38. The summed E-state index contributed by atoms with van der Waals surface area (Å²) in [4.78, 5) is 21.9. The molecule has 19 heavy (non-hydrogen) atoms. The van der Waals surface area contributed by atoms with E-state index in [1.807, 2.05) is 0 Å². The minimum Gasteiger partial charge on any atom is -0.392 e. The van der Waals surface area contributed by atoms with Crippen molar-refractivity contribution in [3.8, 4) is 0 Å². The third kappa shape index (κ3) is 1.69. The van der Waals surface area contributed by atoms with Gasteiger partial charge in [0.1, 0.15) is 12.2 Å². The average Bonchev–Trinajstić information content (AvgIpc) is 2.94. The molecular weight excluding hydrogens is 252 g/mol. The Kier molecular flexibility index (Phi) is 2.70. The van der Waals surface area contributed by atoms with E-state index in [4.69, 9.17) is 5.11 Å². The third-order valence-corrected chi connectivity index (χ3v) is 3.31. The summed E-state index contributed by atoms with van der Waals surface area (Å²) >= 11 is 0. The van der Waals surface area contributed by atoms with Crippen molar-refractivity contribution in [2.45, 2.75) is 18.2 Å². The lowest BCUT2D eigenvalue weighted by Gasteiger charge is -2.18. The summed E-state index contributed by atoms with van der Waals surface area (Å²) in [5, 5.41) is 28.8. The van der Waals surface area contributed by atoms with E-state index in [1.54, 1.807) is 6.08 Å². The molecule has 2 aromatic heterocycles. The Morgan fingerprint density at radius 1 is 1.37 bits per heavy atom. The highest BCUT2D eigenvalue weighted by Gasteiger charge is 2.36. The van der Waals surface area contributed by atoms with Crippen molar-refractivity contribution in [3.05, 3.63) is 34.7 Å². The van der Waals surface area contributed by atoms with Crippen LogP contribution in [0, 0.1) is 0 Å². The summed E-state index contributed by atoms with van der Waals surface area (Å²) in [7, 11) is 0. The van der Waals surface area contributed by atoms with Crippen molar-refractivity contribution in [3.63, 3.8) is 0 Å². The van der Waals surface area contributed by atoms with Gasteiger partial charge >= 0.3 is 0 Å². The van der Waals surface area contributed by atoms with Gasteiger partial charge in [0.2, 0.25) is 0 Å². The first-order valence-corrected chi connectivity index (χ1v) is 5.71. The van der Waals surface area contributed by atoms with Crippen LogP contribution in [0.3, 0.4) is 0 Å². The molecule has 0 saturated heterocycles. The zero-order chi connectivity index (χ0) is 13.6. The van der Waals surface area contributed by atoms with Crippen molar-refractivity contribution in [1.82, 2.24) is 19.5 Å². The standard InChI is InChI=1S/C11H12N4O4/c16-2-5-1-6(9(18)8(5)17)15-4-14-7-10(15)12-3-13-11(7)19/h1,3-4,6,8-9,16-18H,2H2,(H,12,13,19)/t6-,8-,9+/m0/s1. The van der Waals surface area contributed by atoms with E-state index in [-0.39, 0.29) is 17.7 Å².